The summed E-state index contributed by atoms with van der Waals surface area (Å²) in [5.41, 5.74) is 0.611. The molecule has 94 valence electrons. The molecule has 0 bridgehead atoms. The molecule has 1 saturated carbocycles. The number of phenolic OH excluding ortho intramolecular Hbond substituents is 2. The van der Waals surface area contributed by atoms with Gasteiger partial charge in [-0.15, -0.1) is 0 Å². The standard InChI is InChI=1S/C13H19NO3/c1-8(14-10-3-2-4-10)13(17)9-5-6-11(15)12(16)7-9/h5-8,10,13-17H,2-4H2,1H3/t8?,13-/m1/s1. The molecule has 0 aliphatic heterocycles. The first kappa shape index (κ1) is 12.2. The van der Waals surface area contributed by atoms with Crippen molar-refractivity contribution in [2.45, 2.75) is 44.4 Å². The number of phenols is 2. The van der Waals surface area contributed by atoms with Crippen LogP contribution in [0.2, 0.25) is 0 Å². The van der Waals surface area contributed by atoms with Crippen LogP contribution in [0.4, 0.5) is 0 Å². The van der Waals surface area contributed by atoms with E-state index >= 15 is 0 Å². The van der Waals surface area contributed by atoms with Crippen LogP contribution < -0.4 is 5.32 Å². The van der Waals surface area contributed by atoms with Crippen LogP contribution >= 0.6 is 0 Å². The van der Waals surface area contributed by atoms with Crippen LogP contribution in [-0.4, -0.2) is 27.4 Å². The predicted octanol–water partition coefficient (Wildman–Crippen LogP) is 1.66. The first-order chi connectivity index (χ1) is 8.08. The van der Waals surface area contributed by atoms with Gasteiger partial charge in [0.1, 0.15) is 0 Å². The summed E-state index contributed by atoms with van der Waals surface area (Å²) >= 11 is 0. The van der Waals surface area contributed by atoms with Gasteiger partial charge >= 0.3 is 0 Å². The Morgan fingerprint density at radius 2 is 1.94 bits per heavy atom. The highest BCUT2D eigenvalue weighted by Crippen LogP contribution is 2.29. The number of rotatable bonds is 4. The van der Waals surface area contributed by atoms with Crippen molar-refractivity contribution in [2.75, 3.05) is 0 Å². The van der Waals surface area contributed by atoms with Gasteiger partial charge in [-0.1, -0.05) is 12.5 Å². The fourth-order valence-electron chi connectivity index (χ4n) is 2.05. The van der Waals surface area contributed by atoms with Crippen LogP contribution in [0.5, 0.6) is 11.5 Å². The summed E-state index contributed by atoms with van der Waals surface area (Å²) in [7, 11) is 0. The molecule has 1 aromatic rings. The zero-order valence-corrected chi connectivity index (χ0v) is 9.93. The van der Waals surface area contributed by atoms with Gasteiger partial charge in [-0.3, -0.25) is 0 Å². The number of hydrogen-bond donors (Lipinski definition) is 4. The van der Waals surface area contributed by atoms with Crippen LogP contribution in [0, 0.1) is 0 Å². The summed E-state index contributed by atoms with van der Waals surface area (Å²) in [6.07, 6.45) is 2.90. The van der Waals surface area contributed by atoms with Gasteiger partial charge in [0.2, 0.25) is 0 Å². The SMILES string of the molecule is CC(NC1CCC1)[C@@H](O)c1ccc(O)c(O)c1. The molecule has 0 aromatic heterocycles. The minimum absolute atomic E-state index is 0.0655. The highest BCUT2D eigenvalue weighted by atomic mass is 16.3. The average molecular weight is 237 g/mol. The summed E-state index contributed by atoms with van der Waals surface area (Å²) in [6, 6.07) is 4.86. The van der Waals surface area contributed by atoms with Gasteiger partial charge in [-0.05, 0) is 37.5 Å². The molecule has 0 radical (unpaired) electrons. The molecule has 0 saturated heterocycles. The molecule has 1 aliphatic carbocycles. The molecule has 4 nitrogen and oxygen atoms in total. The summed E-state index contributed by atoms with van der Waals surface area (Å²) in [4.78, 5) is 0. The van der Waals surface area contributed by atoms with E-state index < -0.39 is 6.10 Å². The lowest BCUT2D eigenvalue weighted by Crippen LogP contribution is -2.43. The van der Waals surface area contributed by atoms with Crippen molar-refractivity contribution in [2.24, 2.45) is 0 Å². The van der Waals surface area contributed by atoms with E-state index in [-0.39, 0.29) is 17.5 Å². The second-order valence-electron chi connectivity index (χ2n) is 4.78. The zero-order chi connectivity index (χ0) is 12.4. The number of nitrogens with one attached hydrogen (secondary N) is 1. The van der Waals surface area contributed by atoms with Gasteiger partial charge in [0.05, 0.1) is 6.10 Å². The van der Waals surface area contributed by atoms with Crippen LogP contribution in [0.15, 0.2) is 18.2 Å². The van der Waals surface area contributed by atoms with Crippen LogP contribution in [0.25, 0.3) is 0 Å². The van der Waals surface area contributed by atoms with E-state index in [1.807, 2.05) is 6.92 Å². The zero-order valence-electron chi connectivity index (χ0n) is 9.93. The van der Waals surface area contributed by atoms with E-state index in [0.29, 0.717) is 11.6 Å². The molecule has 1 fully saturated rings. The average Bonchev–Trinajstić information content (AvgIpc) is 2.26. The lowest BCUT2D eigenvalue weighted by atomic mass is 9.91. The van der Waals surface area contributed by atoms with Gasteiger partial charge in [0.15, 0.2) is 11.5 Å². The third kappa shape index (κ3) is 2.70. The summed E-state index contributed by atoms with van der Waals surface area (Å²) in [5, 5.41) is 32.1. The summed E-state index contributed by atoms with van der Waals surface area (Å²) in [6.45, 7) is 1.92. The molecule has 4 N–H and O–H groups in total. The topological polar surface area (TPSA) is 72.7 Å². The monoisotopic (exact) mass is 237 g/mol. The Hall–Kier alpha value is -1.26. The highest BCUT2D eigenvalue weighted by Gasteiger charge is 2.24. The smallest absolute Gasteiger partial charge is 0.157 e. The molecule has 4 heteroatoms. The number of benzene rings is 1. The minimum Gasteiger partial charge on any atom is -0.504 e. The normalized spacial score (nSPS) is 19.6. The van der Waals surface area contributed by atoms with Crippen molar-refractivity contribution in [3.8, 4) is 11.5 Å². The Kier molecular flexibility index (Phi) is 3.54. The minimum atomic E-state index is -0.679. The maximum atomic E-state index is 10.1. The van der Waals surface area contributed by atoms with Crippen LogP contribution in [0.3, 0.4) is 0 Å². The maximum absolute atomic E-state index is 10.1. The van der Waals surface area contributed by atoms with Crippen molar-refractivity contribution in [1.29, 1.82) is 0 Å². The molecular weight excluding hydrogens is 218 g/mol. The van der Waals surface area contributed by atoms with Crippen molar-refractivity contribution >= 4 is 0 Å². The molecule has 17 heavy (non-hydrogen) atoms. The Bertz CT molecular complexity index is 390. The first-order valence-corrected chi connectivity index (χ1v) is 6.04. The fourth-order valence-corrected chi connectivity index (χ4v) is 2.05. The number of aliphatic hydroxyl groups excluding tert-OH is 1. The van der Waals surface area contributed by atoms with Crippen molar-refractivity contribution in [1.82, 2.24) is 5.32 Å². The van der Waals surface area contributed by atoms with Gasteiger partial charge in [0.25, 0.3) is 0 Å². The third-order valence-corrected chi connectivity index (χ3v) is 3.42. The van der Waals surface area contributed by atoms with E-state index in [2.05, 4.69) is 5.32 Å². The first-order valence-electron chi connectivity index (χ1n) is 6.04. The highest BCUT2D eigenvalue weighted by molar-refractivity contribution is 5.41. The second kappa shape index (κ2) is 4.94. The van der Waals surface area contributed by atoms with E-state index in [1.54, 1.807) is 6.07 Å². The summed E-state index contributed by atoms with van der Waals surface area (Å²) in [5.74, 6) is -0.363. The third-order valence-electron chi connectivity index (χ3n) is 3.42. The van der Waals surface area contributed by atoms with Gasteiger partial charge in [0, 0.05) is 12.1 Å². The summed E-state index contributed by atoms with van der Waals surface area (Å²) < 4.78 is 0. The van der Waals surface area contributed by atoms with Crippen molar-refractivity contribution < 1.29 is 15.3 Å². The molecule has 1 unspecified atom stereocenters. The van der Waals surface area contributed by atoms with E-state index in [9.17, 15) is 15.3 Å². The lowest BCUT2D eigenvalue weighted by Gasteiger charge is -2.32. The maximum Gasteiger partial charge on any atom is 0.157 e. The Balaban J connectivity index is 2.01. The van der Waals surface area contributed by atoms with Gasteiger partial charge in [-0.2, -0.15) is 0 Å². The van der Waals surface area contributed by atoms with E-state index in [0.717, 1.165) is 12.8 Å². The van der Waals surface area contributed by atoms with Gasteiger partial charge < -0.3 is 20.6 Å². The molecule has 0 heterocycles. The van der Waals surface area contributed by atoms with Crippen LogP contribution in [-0.2, 0) is 0 Å². The molecule has 1 aromatic carbocycles. The predicted molar refractivity (Wildman–Crippen MR) is 65.0 cm³/mol. The number of hydrogen-bond acceptors (Lipinski definition) is 4. The number of aliphatic hydroxyl groups is 1. The molecule has 1 aliphatic rings. The Morgan fingerprint density at radius 3 is 2.47 bits per heavy atom. The molecule has 2 rings (SSSR count). The second-order valence-corrected chi connectivity index (χ2v) is 4.78. The molecular formula is C13H19NO3. The molecule has 0 amide bonds. The van der Waals surface area contributed by atoms with Crippen molar-refractivity contribution in [3.05, 3.63) is 23.8 Å². The van der Waals surface area contributed by atoms with Gasteiger partial charge in [-0.25, -0.2) is 0 Å². The van der Waals surface area contributed by atoms with Crippen LogP contribution in [0.1, 0.15) is 37.9 Å². The Labute approximate surface area is 101 Å². The number of aromatic hydroxyl groups is 2. The van der Waals surface area contributed by atoms with E-state index in [4.69, 9.17) is 0 Å². The fraction of sp³-hybridized carbons (Fsp3) is 0.538. The lowest BCUT2D eigenvalue weighted by molar-refractivity contribution is 0.120. The molecule has 2 atom stereocenters. The molecule has 0 spiro atoms. The Morgan fingerprint density at radius 1 is 1.24 bits per heavy atom. The quantitative estimate of drug-likeness (QED) is 0.601. The van der Waals surface area contributed by atoms with E-state index in [1.165, 1.54) is 18.6 Å². The van der Waals surface area contributed by atoms with Crippen molar-refractivity contribution in [3.63, 3.8) is 0 Å². The largest absolute Gasteiger partial charge is 0.504 e.